The third-order valence-corrected chi connectivity index (χ3v) is 3.99. The van der Waals surface area contributed by atoms with Crippen molar-refractivity contribution in [2.24, 2.45) is 0 Å². The summed E-state index contributed by atoms with van der Waals surface area (Å²) in [7, 11) is 0. The SMILES string of the molecule is CCCCNCc1ccc(Oc2nnnn2-c2ccccc2)c(OCC)c1. The van der Waals surface area contributed by atoms with Gasteiger partial charge < -0.3 is 14.8 Å². The van der Waals surface area contributed by atoms with E-state index in [1.165, 1.54) is 12.8 Å². The van der Waals surface area contributed by atoms with Crippen molar-refractivity contribution in [3.8, 4) is 23.2 Å². The first-order valence-corrected chi connectivity index (χ1v) is 9.30. The predicted molar refractivity (Wildman–Crippen MR) is 103 cm³/mol. The van der Waals surface area contributed by atoms with Crippen LogP contribution in [-0.4, -0.2) is 33.4 Å². The van der Waals surface area contributed by atoms with Gasteiger partial charge in [-0.2, -0.15) is 4.68 Å². The number of unbranched alkanes of at least 4 members (excludes halogenated alkanes) is 1. The molecule has 27 heavy (non-hydrogen) atoms. The number of aromatic nitrogens is 4. The lowest BCUT2D eigenvalue weighted by Crippen LogP contribution is -2.14. The molecular weight excluding hydrogens is 342 g/mol. The molecule has 1 aromatic heterocycles. The summed E-state index contributed by atoms with van der Waals surface area (Å²) in [5, 5.41) is 15.2. The fourth-order valence-electron chi connectivity index (χ4n) is 2.62. The molecule has 7 heteroatoms. The molecule has 0 saturated carbocycles. The molecule has 0 bridgehead atoms. The molecule has 1 N–H and O–H groups in total. The first-order valence-electron chi connectivity index (χ1n) is 9.30. The van der Waals surface area contributed by atoms with Crippen molar-refractivity contribution in [2.45, 2.75) is 33.2 Å². The van der Waals surface area contributed by atoms with E-state index in [1.54, 1.807) is 4.68 Å². The van der Waals surface area contributed by atoms with Crippen molar-refractivity contribution in [3.05, 3.63) is 54.1 Å². The summed E-state index contributed by atoms with van der Waals surface area (Å²) >= 11 is 0. The van der Waals surface area contributed by atoms with Crippen LogP contribution in [0.1, 0.15) is 32.3 Å². The normalized spacial score (nSPS) is 10.7. The topological polar surface area (TPSA) is 74.1 Å². The monoisotopic (exact) mass is 367 g/mol. The minimum Gasteiger partial charge on any atom is -0.490 e. The maximum absolute atomic E-state index is 5.97. The number of rotatable bonds is 10. The van der Waals surface area contributed by atoms with Crippen LogP contribution in [0.25, 0.3) is 5.69 Å². The molecule has 0 aliphatic heterocycles. The predicted octanol–water partition coefficient (Wildman–Crippen LogP) is 3.74. The summed E-state index contributed by atoms with van der Waals surface area (Å²) < 4.78 is 13.3. The van der Waals surface area contributed by atoms with Crippen molar-refractivity contribution >= 4 is 0 Å². The molecule has 0 aliphatic carbocycles. The van der Waals surface area contributed by atoms with E-state index >= 15 is 0 Å². The van der Waals surface area contributed by atoms with E-state index in [4.69, 9.17) is 9.47 Å². The number of tetrazole rings is 1. The zero-order valence-electron chi connectivity index (χ0n) is 15.8. The number of ether oxygens (including phenoxy) is 2. The van der Waals surface area contributed by atoms with Crippen molar-refractivity contribution < 1.29 is 9.47 Å². The maximum Gasteiger partial charge on any atom is 0.346 e. The van der Waals surface area contributed by atoms with E-state index in [-0.39, 0.29) is 6.01 Å². The molecule has 0 radical (unpaired) electrons. The number of nitrogens with zero attached hydrogens (tertiary/aromatic N) is 4. The molecular formula is C20H25N5O2. The molecule has 0 saturated heterocycles. The lowest BCUT2D eigenvalue weighted by molar-refractivity contribution is 0.315. The number of para-hydroxylation sites is 1. The first-order chi connectivity index (χ1) is 13.3. The van der Waals surface area contributed by atoms with Crippen LogP contribution in [0.3, 0.4) is 0 Å². The van der Waals surface area contributed by atoms with Gasteiger partial charge in [-0.05, 0) is 60.1 Å². The van der Waals surface area contributed by atoms with Gasteiger partial charge in [0.15, 0.2) is 11.5 Å². The number of hydrogen-bond acceptors (Lipinski definition) is 6. The Morgan fingerprint density at radius 3 is 2.67 bits per heavy atom. The smallest absolute Gasteiger partial charge is 0.346 e. The summed E-state index contributed by atoms with van der Waals surface area (Å²) in [5.41, 5.74) is 1.97. The standard InChI is InChI=1S/C20H25N5O2/c1-3-5-13-21-15-16-11-12-18(19(14-16)26-4-2)27-20-22-23-24-25(20)17-9-7-6-8-10-17/h6-12,14,21H,3-5,13,15H2,1-2H3. The van der Waals surface area contributed by atoms with Crippen LogP contribution in [0, 0.1) is 0 Å². The Labute approximate surface area is 159 Å². The Morgan fingerprint density at radius 1 is 1.04 bits per heavy atom. The van der Waals surface area contributed by atoms with Crippen LogP contribution in [0.2, 0.25) is 0 Å². The molecule has 3 aromatic rings. The minimum absolute atomic E-state index is 0.288. The van der Waals surface area contributed by atoms with Crippen molar-refractivity contribution in [3.63, 3.8) is 0 Å². The average molecular weight is 367 g/mol. The summed E-state index contributed by atoms with van der Waals surface area (Å²) in [6.45, 7) is 6.48. The second-order valence-corrected chi connectivity index (χ2v) is 6.06. The van der Waals surface area contributed by atoms with Gasteiger partial charge >= 0.3 is 6.01 Å². The van der Waals surface area contributed by atoms with E-state index in [2.05, 4.69) is 27.8 Å². The Bertz CT molecular complexity index is 835. The van der Waals surface area contributed by atoms with Crippen LogP contribution in [0.4, 0.5) is 0 Å². The Hall–Kier alpha value is -2.93. The molecule has 0 spiro atoms. The van der Waals surface area contributed by atoms with Crippen LogP contribution in [-0.2, 0) is 6.54 Å². The van der Waals surface area contributed by atoms with Crippen LogP contribution in [0.15, 0.2) is 48.5 Å². The van der Waals surface area contributed by atoms with Crippen LogP contribution in [0.5, 0.6) is 17.5 Å². The first kappa shape index (κ1) is 18.8. The molecule has 0 unspecified atom stereocenters. The maximum atomic E-state index is 5.97. The summed E-state index contributed by atoms with van der Waals surface area (Å²) in [5.74, 6) is 1.26. The largest absolute Gasteiger partial charge is 0.490 e. The van der Waals surface area contributed by atoms with E-state index < -0.39 is 0 Å². The molecule has 0 fully saturated rings. The van der Waals surface area contributed by atoms with Gasteiger partial charge in [-0.25, -0.2) is 0 Å². The highest BCUT2D eigenvalue weighted by molar-refractivity contribution is 5.44. The van der Waals surface area contributed by atoms with E-state index in [0.717, 1.165) is 24.3 Å². The molecule has 0 atom stereocenters. The van der Waals surface area contributed by atoms with Gasteiger partial charge in [-0.1, -0.05) is 42.7 Å². The molecule has 0 amide bonds. The average Bonchev–Trinajstić information content (AvgIpc) is 3.16. The highest BCUT2D eigenvalue weighted by Gasteiger charge is 2.14. The van der Waals surface area contributed by atoms with Crippen molar-refractivity contribution in [2.75, 3.05) is 13.2 Å². The Morgan fingerprint density at radius 2 is 1.89 bits per heavy atom. The Kier molecular flexibility index (Phi) is 6.76. The quantitative estimate of drug-likeness (QED) is 0.550. The fraction of sp³-hybridized carbons (Fsp3) is 0.350. The molecule has 1 heterocycles. The van der Waals surface area contributed by atoms with E-state index in [0.29, 0.717) is 18.1 Å². The second kappa shape index (κ2) is 9.68. The number of benzene rings is 2. The molecule has 142 valence electrons. The van der Waals surface area contributed by atoms with Gasteiger partial charge in [0, 0.05) is 6.54 Å². The van der Waals surface area contributed by atoms with Gasteiger partial charge in [0.25, 0.3) is 0 Å². The lowest BCUT2D eigenvalue weighted by atomic mass is 10.2. The number of nitrogens with one attached hydrogen (secondary N) is 1. The summed E-state index contributed by atoms with van der Waals surface area (Å²) in [4.78, 5) is 0. The zero-order chi connectivity index (χ0) is 18.9. The molecule has 3 rings (SSSR count). The van der Waals surface area contributed by atoms with Crippen molar-refractivity contribution in [1.82, 2.24) is 25.5 Å². The lowest BCUT2D eigenvalue weighted by Gasteiger charge is -2.13. The van der Waals surface area contributed by atoms with E-state index in [9.17, 15) is 0 Å². The zero-order valence-corrected chi connectivity index (χ0v) is 15.8. The van der Waals surface area contributed by atoms with Gasteiger partial charge in [-0.15, -0.1) is 0 Å². The van der Waals surface area contributed by atoms with E-state index in [1.807, 2.05) is 55.5 Å². The third-order valence-electron chi connectivity index (χ3n) is 3.99. The summed E-state index contributed by atoms with van der Waals surface area (Å²) in [6.07, 6.45) is 2.35. The van der Waals surface area contributed by atoms with Crippen LogP contribution < -0.4 is 14.8 Å². The molecule has 0 aliphatic rings. The van der Waals surface area contributed by atoms with Crippen molar-refractivity contribution in [1.29, 1.82) is 0 Å². The minimum atomic E-state index is 0.288. The summed E-state index contributed by atoms with van der Waals surface area (Å²) in [6, 6.07) is 15.8. The highest BCUT2D eigenvalue weighted by Crippen LogP contribution is 2.32. The van der Waals surface area contributed by atoms with Gasteiger partial charge in [0.05, 0.1) is 12.3 Å². The fourth-order valence-corrected chi connectivity index (χ4v) is 2.62. The number of hydrogen-bond donors (Lipinski definition) is 1. The third kappa shape index (κ3) is 5.04. The molecule has 2 aromatic carbocycles. The van der Waals surface area contributed by atoms with Gasteiger partial charge in [0.2, 0.25) is 0 Å². The highest BCUT2D eigenvalue weighted by atomic mass is 16.5. The van der Waals surface area contributed by atoms with Crippen LogP contribution >= 0.6 is 0 Å². The van der Waals surface area contributed by atoms with Gasteiger partial charge in [-0.3, -0.25) is 0 Å². The molecule has 7 nitrogen and oxygen atoms in total. The Balaban J connectivity index is 1.78. The van der Waals surface area contributed by atoms with Gasteiger partial charge in [0.1, 0.15) is 0 Å². The second-order valence-electron chi connectivity index (χ2n) is 6.06.